The molecule has 1 amide bonds. The number of ether oxygens (including phenoxy) is 2. The number of hydrogen-bond acceptors (Lipinski definition) is 7. The normalized spacial score (nSPS) is 10.7. The molecule has 0 heterocycles. The molecular weight excluding hydrogens is 422 g/mol. The maximum atomic E-state index is 12.2. The van der Waals surface area contributed by atoms with Gasteiger partial charge in [0.2, 0.25) is 0 Å². The molecule has 0 aliphatic carbocycles. The zero-order chi connectivity index (χ0) is 24.2. The predicted molar refractivity (Wildman–Crippen MR) is 126 cm³/mol. The van der Waals surface area contributed by atoms with Crippen molar-refractivity contribution < 1.29 is 23.9 Å². The quantitative estimate of drug-likeness (QED) is 0.254. The minimum atomic E-state index is -0.894. The fourth-order valence-electron chi connectivity index (χ4n) is 2.66. The highest BCUT2D eigenvalue weighted by Crippen LogP contribution is 2.15. The number of esters is 2. The van der Waals surface area contributed by atoms with Crippen molar-refractivity contribution in [1.82, 2.24) is 0 Å². The van der Waals surface area contributed by atoms with E-state index in [1.165, 1.54) is 18.2 Å². The number of hydrogen-bond donors (Lipinski definition) is 1. The molecule has 0 saturated heterocycles. The summed E-state index contributed by atoms with van der Waals surface area (Å²) in [7, 11) is 3.82. The third-order valence-corrected chi connectivity index (χ3v) is 4.53. The SMILES string of the molecule is CCCCOC(=O)c1ccc(NC(=O)COC(=O)/C(C#N)=C/c2ccc(N(C)C)cc2)cc1. The minimum absolute atomic E-state index is 0.216. The van der Waals surface area contributed by atoms with Crippen LogP contribution in [0.15, 0.2) is 54.1 Å². The van der Waals surface area contributed by atoms with Crippen molar-refractivity contribution in [3.63, 3.8) is 0 Å². The van der Waals surface area contributed by atoms with E-state index in [2.05, 4.69) is 5.32 Å². The number of carbonyl (C=O) groups is 3. The van der Waals surface area contributed by atoms with Crippen LogP contribution >= 0.6 is 0 Å². The van der Waals surface area contributed by atoms with Crippen LogP contribution in [-0.4, -0.2) is 45.2 Å². The van der Waals surface area contributed by atoms with Crippen molar-refractivity contribution >= 4 is 35.3 Å². The van der Waals surface area contributed by atoms with Crippen molar-refractivity contribution in [3.8, 4) is 6.07 Å². The van der Waals surface area contributed by atoms with Crippen LogP contribution < -0.4 is 10.2 Å². The highest BCUT2D eigenvalue weighted by atomic mass is 16.5. The van der Waals surface area contributed by atoms with E-state index in [9.17, 15) is 19.6 Å². The van der Waals surface area contributed by atoms with Gasteiger partial charge in [-0.25, -0.2) is 9.59 Å². The first-order chi connectivity index (χ1) is 15.8. The van der Waals surface area contributed by atoms with E-state index in [-0.39, 0.29) is 5.57 Å². The van der Waals surface area contributed by atoms with E-state index >= 15 is 0 Å². The summed E-state index contributed by atoms with van der Waals surface area (Å²) in [4.78, 5) is 38.1. The first-order valence-corrected chi connectivity index (χ1v) is 10.5. The van der Waals surface area contributed by atoms with E-state index in [0.717, 1.165) is 18.5 Å². The molecule has 0 aliphatic heterocycles. The average Bonchev–Trinajstić information content (AvgIpc) is 2.81. The van der Waals surface area contributed by atoms with Crippen molar-refractivity contribution in [2.45, 2.75) is 19.8 Å². The molecule has 8 heteroatoms. The van der Waals surface area contributed by atoms with Gasteiger partial charge in [-0.05, 0) is 54.5 Å². The summed E-state index contributed by atoms with van der Waals surface area (Å²) in [6.45, 7) is 1.81. The number of carbonyl (C=O) groups excluding carboxylic acids is 3. The van der Waals surface area contributed by atoms with Crippen molar-refractivity contribution in [2.75, 3.05) is 37.5 Å². The van der Waals surface area contributed by atoms with Crippen LogP contribution in [-0.2, 0) is 19.1 Å². The first-order valence-electron chi connectivity index (χ1n) is 10.5. The van der Waals surface area contributed by atoms with E-state index in [4.69, 9.17) is 9.47 Å². The molecule has 0 radical (unpaired) electrons. The fraction of sp³-hybridized carbons (Fsp3) is 0.280. The van der Waals surface area contributed by atoms with Gasteiger partial charge in [0, 0.05) is 25.5 Å². The van der Waals surface area contributed by atoms with Gasteiger partial charge in [-0.15, -0.1) is 0 Å². The number of anilines is 2. The Balaban J connectivity index is 1.88. The third-order valence-electron chi connectivity index (χ3n) is 4.53. The van der Waals surface area contributed by atoms with Crippen LogP contribution in [0.1, 0.15) is 35.7 Å². The summed E-state index contributed by atoms with van der Waals surface area (Å²) in [6.07, 6.45) is 3.13. The van der Waals surface area contributed by atoms with Crippen LogP contribution in [0.25, 0.3) is 6.08 Å². The third kappa shape index (κ3) is 8.15. The van der Waals surface area contributed by atoms with E-state index in [0.29, 0.717) is 23.4 Å². The average molecular weight is 450 g/mol. The molecule has 2 rings (SSSR count). The number of nitriles is 1. The highest BCUT2D eigenvalue weighted by Gasteiger charge is 2.14. The summed E-state index contributed by atoms with van der Waals surface area (Å²) < 4.78 is 10.1. The molecule has 2 aromatic rings. The smallest absolute Gasteiger partial charge is 0.349 e. The van der Waals surface area contributed by atoms with E-state index in [1.807, 2.05) is 38.1 Å². The maximum Gasteiger partial charge on any atom is 0.349 e. The van der Waals surface area contributed by atoms with Gasteiger partial charge in [-0.1, -0.05) is 25.5 Å². The number of nitrogens with one attached hydrogen (secondary N) is 1. The molecule has 0 spiro atoms. The van der Waals surface area contributed by atoms with Crippen molar-refractivity contribution in [2.24, 2.45) is 0 Å². The molecule has 0 aliphatic rings. The molecule has 8 nitrogen and oxygen atoms in total. The summed E-state index contributed by atoms with van der Waals surface area (Å²) in [5, 5.41) is 11.8. The lowest BCUT2D eigenvalue weighted by molar-refractivity contribution is -0.142. The van der Waals surface area contributed by atoms with Crippen LogP contribution in [0.2, 0.25) is 0 Å². The van der Waals surface area contributed by atoms with Gasteiger partial charge in [0.25, 0.3) is 5.91 Å². The van der Waals surface area contributed by atoms with Gasteiger partial charge in [0.1, 0.15) is 11.6 Å². The Bertz CT molecular complexity index is 1040. The standard InChI is InChI=1S/C25H27N3O5/c1-4-5-14-32-24(30)19-8-10-21(11-9-19)27-23(29)17-33-25(31)20(16-26)15-18-6-12-22(13-7-18)28(2)3/h6-13,15H,4-5,14,17H2,1-3H3,(H,27,29)/b20-15+. The zero-order valence-corrected chi connectivity index (χ0v) is 19.0. The number of rotatable bonds is 10. The fourth-order valence-corrected chi connectivity index (χ4v) is 2.66. The Morgan fingerprint density at radius 1 is 1.03 bits per heavy atom. The van der Waals surface area contributed by atoms with Gasteiger partial charge >= 0.3 is 11.9 Å². The first kappa shape index (κ1) is 25.1. The van der Waals surface area contributed by atoms with Gasteiger partial charge in [0.05, 0.1) is 12.2 Å². The Hall–Kier alpha value is -4.12. The van der Waals surface area contributed by atoms with Gasteiger partial charge in [-0.2, -0.15) is 5.26 Å². The number of unbranched alkanes of at least 4 members (excludes halogenated alkanes) is 1. The number of benzene rings is 2. The van der Waals surface area contributed by atoms with Crippen molar-refractivity contribution in [1.29, 1.82) is 5.26 Å². The molecule has 2 aromatic carbocycles. The molecule has 0 bridgehead atoms. The lowest BCUT2D eigenvalue weighted by Gasteiger charge is -2.11. The summed E-state index contributed by atoms with van der Waals surface area (Å²) in [6, 6.07) is 15.2. The molecule has 0 aromatic heterocycles. The summed E-state index contributed by atoms with van der Waals surface area (Å²) in [5.74, 6) is -1.90. The van der Waals surface area contributed by atoms with Crippen LogP contribution in [0, 0.1) is 11.3 Å². The Morgan fingerprint density at radius 3 is 2.27 bits per heavy atom. The maximum absolute atomic E-state index is 12.2. The summed E-state index contributed by atoms with van der Waals surface area (Å²) >= 11 is 0. The second-order valence-corrected chi connectivity index (χ2v) is 7.35. The molecule has 0 saturated carbocycles. The second-order valence-electron chi connectivity index (χ2n) is 7.35. The van der Waals surface area contributed by atoms with Gasteiger partial charge < -0.3 is 19.7 Å². The Labute approximate surface area is 193 Å². The van der Waals surface area contributed by atoms with Crippen LogP contribution in [0.4, 0.5) is 11.4 Å². The number of amides is 1. The highest BCUT2D eigenvalue weighted by molar-refractivity contribution is 6.00. The number of nitrogens with zero attached hydrogens (tertiary/aromatic N) is 2. The molecule has 0 fully saturated rings. The molecule has 33 heavy (non-hydrogen) atoms. The predicted octanol–water partition coefficient (Wildman–Crippen LogP) is 3.80. The molecule has 0 atom stereocenters. The van der Waals surface area contributed by atoms with Gasteiger partial charge in [0.15, 0.2) is 6.61 Å². The molecule has 1 N–H and O–H groups in total. The molecule has 172 valence electrons. The largest absolute Gasteiger partial charge is 0.462 e. The minimum Gasteiger partial charge on any atom is -0.462 e. The zero-order valence-electron chi connectivity index (χ0n) is 19.0. The van der Waals surface area contributed by atoms with Crippen LogP contribution in [0.5, 0.6) is 0 Å². The van der Waals surface area contributed by atoms with E-state index < -0.39 is 24.5 Å². The van der Waals surface area contributed by atoms with Gasteiger partial charge in [-0.3, -0.25) is 4.79 Å². The summed E-state index contributed by atoms with van der Waals surface area (Å²) in [5.41, 5.74) is 2.22. The topological polar surface area (TPSA) is 109 Å². The monoisotopic (exact) mass is 449 g/mol. The Morgan fingerprint density at radius 2 is 1.70 bits per heavy atom. The second kappa shape index (κ2) is 12.7. The van der Waals surface area contributed by atoms with Crippen molar-refractivity contribution in [3.05, 3.63) is 65.2 Å². The molecule has 0 unspecified atom stereocenters. The van der Waals surface area contributed by atoms with E-state index in [1.54, 1.807) is 30.3 Å². The van der Waals surface area contributed by atoms with Crippen LogP contribution in [0.3, 0.4) is 0 Å². The lowest BCUT2D eigenvalue weighted by Crippen LogP contribution is -2.21. The molecular formula is C25H27N3O5. The Kier molecular flexibility index (Phi) is 9.65. The lowest BCUT2D eigenvalue weighted by atomic mass is 10.1.